The Bertz CT molecular complexity index is 415. The topological polar surface area (TPSA) is 83.5 Å². The highest BCUT2D eigenvalue weighted by Gasteiger charge is 2.19. The Balaban J connectivity index is 1.80. The van der Waals surface area contributed by atoms with E-state index in [-0.39, 0.29) is 5.84 Å². The first-order valence-electron chi connectivity index (χ1n) is 6.43. The van der Waals surface area contributed by atoms with Gasteiger partial charge in [-0.15, -0.1) is 0 Å². The first kappa shape index (κ1) is 12.8. The van der Waals surface area contributed by atoms with E-state index in [2.05, 4.69) is 15.5 Å². The van der Waals surface area contributed by atoms with Gasteiger partial charge >= 0.3 is 0 Å². The van der Waals surface area contributed by atoms with Crippen molar-refractivity contribution >= 4 is 5.84 Å². The molecule has 0 radical (unpaired) electrons. The van der Waals surface area contributed by atoms with Crippen LogP contribution in [-0.4, -0.2) is 22.6 Å². The lowest BCUT2D eigenvalue weighted by Gasteiger charge is -2.08. The van der Waals surface area contributed by atoms with Crippen LogP contribution in [-0.2, 0) is 6.54 Å². The molecule has 1 aliphatic carbocycles. The van der Waals surface area contributed by atoms with Crippen LogP contribution in [0.4, 0.5) is 0 Å². The lowest BCUT2D eigenvalue weighted by atomic mass is 10.1. The quantitative estimate of drug-likeness (QED) is 0.224. The van der Waals surface area contributed by atoms with Crippen LogP contribution in [0, 0.1) is 5.92 Å². The van der Waals surface area contributed by atoms with Crippen molar-refractivity contribution in [3.63, 3.8) is 0 Å². The third-order valence-corrected chi connectivity index (χ3v) is 3.22. The lowest BCUT2D eigenvalue weighted by Crippen LogP contribution is -2.21. The zero-order chi connectivity index (χ0) is 12.8. The summed E-state index contributed by atoms with van der Waals surface area (Å²) in [6.45, 7) is 1.70. The minimum absolute atomic E-state index is 0.0605. The molecule has 18 heavy (non-hydrogen) atoms. The number of oxime groups is 1. The maximum atomic E-state index is 8.69. The second kappa shape index (κ2) is 6.35. The zero-order valence-electron chi connectivity index (χ0n) is 10.5. The van der Waals surface area contributed by atoms with Gasteiger partial charge in [0.2, 0.25) is 0 Å². The normalized spacial score (nSPS) is 15.9. The smallest absolute Gasteiger partial charge is 0.189 e. The van der Waals surface area contributed by atoms with E-state index in [1.807, 2.05) is 12.1 Å². The van der Waals surface area contributed by atoms with Crippen LogP contribution in [0.2, 0.25) is 0 Å². The SMILES string of the molecule is N/C(=N/O)c1ncccc1CNCCCC1CC1. The number of hydrogen-bond acceptors (Lipinski definition) is 4. The summed E-state index contributed by atoms with van der Waals surface area (Å²) in [7, 11) is 0. The second-order valence-corrected chi connectivity index (χ2v) is 4.76. The molecule has 1 saturated carbocycles. The average Bonchev–Trinajstić information content (AvgIpc) is 3.22. The second-order valence-electron chi connectivity index (χ2n) is 4.76. The Morgan fingerprint density at radius 3 is 3.11 bits per heavy atom. The number of nitrogens with two attached hydrogens (primary N) is 1. The molecule has 5 nitrogen and oxygen atoms in total. The van der Waals surface area contributed by atoms with E-state index in [0.717, 1.165) is 18.0 Å². The van der Waals surface area contributed by atoms with Crippen LogP contribution < -0.4 is 11.1 Å². The van der Waals surface area contributed by atoms with E-state index >= 15 is 0 Å². The van der Waals surface area contributed by atoms with Gasteiger partial charge in [0.05, 0.1) is 0 Å². The number of nitrogens with one attached hydrogen (secondary N) is 1. The standard InChI is InChI=1S/C13H20N4O/c14-13(17-18)12-11(4-2-8-16-12)9-15-7-1-3-10-5-6-10/h2,4,8,10,15,18H,1,3,5-7,9H2,(H2,14,17). The van der Waals surface area contributed by atoms with Gasteiger partial charge in [-0.25, -0.2) is 0 Å². The summed E-state index contributed by atoms with van der Waals surface area (Å²) < 4.78 is 0. The van der Waals surface area contributed by atoms with Crippen LogP contribution >= 0.6 is 0 Å². The lowest BCUT2D eigenvalue weighted by molar-refractivity contribution is 0.318. The molecule has 1 aromatic heterocycles. The summed E-state index contributed by atoms with van der Waals surface area (Å²) in [6.07, 6.45) is 7.01. The molecule has 2 rings (SSSR count). The van der Waals surface area contributed by atoms with Crippen molar-refractivity contribution in [1.82, 2.24) is 10.3 Å². The van der Waals surface area contributed by atoms with Gasteiger partial charge in [0.25, 0.3) is 0 Å². The molecule has 4 N–H and O–H groups in total. The Kier molecular flexibility index (Phi) is 4.52. The van der Waals surface area contributed by atoms with E-state index < -0.39 is 0 Å². The van der Waals surface area contributed by atoms with Crippen LogP contribution in [0.25, 0.3) is 0 Å². The number of rotatable bonds is 7. The molecule has 98 valence electrons. The summed E-state index contributed by atoms with van der Waals surface area (Å²) in [5, 5.41) is 15.1. The highest BCUT2D eigenvalue weighted by molar-refractivity contribution is 5.96. The Morgan fingerprint density at radius 2 is 2.39 bits per heavy atom. The molecule has 0 aromatic carbocycles. The van der Waals surface area contributed by atoms with E-state index in [4.69, 9.17) is 10.9 Å². The maximum absolute atomic E-state index is 8.69. The molecular weight excluding hydrogens is 228 g/mol. The number of nitrogens with zero attached hydrogens (tertiary/aromatic N) is 2. The fourth-order valence-electron chi connectivity index (χ4n) is 2.00. The van der Waals surface area contributed by atoms with Crippen molar-refractivity contribution in [2.24, 2.45) is 16.8 Å². The summed E-state index contributed by atoms with van der Waals surface area (Å²) in [6, 6.07) is 3.80. The summed E-state index contributed by atoms with van der Waals surface area (Å²) in [5.74, 6) is 1.04. The van der Waals surface area contributed by atoms with Crippen LogP contribution in [0.5, 0.6) is 0 Å². The number of pyridine rings is 1. The highest BCUT2D eigenvalue weighted by atomic mass is 16.4. The van der Waals surface area contributed by atoms with Crippen LogP contribution in [0.15, 0.2) is 23.5 Å². The van der Waals surface area contributed by atoms with Crippen molar-refractivity contribution in [1.29, 1.82) is 0 Å². The predicted octanol–water partition coefficient (Wildman–Crippen LogP) is 1.46. The third-order valence-electron chi connectivity index (χ3n) is 3.22. The molecule has 1 aliphatic rings. The molecular formula is C13H20N4O. The van der Waals surface area contributed by atoms with E-state index in [1.165, 1.54) is 25.7 Å². The molecule has 0 aliphatic heterocycles. The minimum atomic E-state index is 0.0605. The molecule has 0 saturated heterocycles. The molecule has 0 unspecified atom stereocenters. The van der Waals surface area contributed by atoms with E-state index in [1.54, 1.807) is 6.20 Å². The monoisotopic (exact) mass is 248 g/mol. The maximum Gasteiger partial charge on any atom is 0.189 e. The van der Waals surface area contributed by atoms with Crippen molar-refractivity contribution in [2.45, 2.75) is 32.2 Å². The molecule has 1 aromatic rings. The van der Waals surface area contributed by atoms with E-state index in [0.29, 0.717) is 12.2 Å². The van der Waals surface area contributed by atoms with E-state index in [9.17, 15) is 0 Å². The Labute approximate surface area is 107 Å². The van der Waals surface area contributed by atoms with Crippen molar-refractivity contribution in [3.05, 3.63) is 29.6 Å². The zero-order valence-corrected chi connectivity index (χ0v) is 10.5. The summed E-state index contributed by atoms with van der Waals surface area (Å²) >= 11 is 0. The minimum Gasteiger partial charge on any atom is -0.409 e. The first-order valence-corrected chi connectivity index (χ1v) is 6.43. The highest BCUT2D eigenvalue weighted by Crippen LogP contribution is 2.33. The molecule has 5 heteroatoms. The molecule has 0 bridgehead atoms. The van der Waals surface area contributed by atoms with Crippen molar-refractivity contribution in [2.75, 3.05) is 6.54 Å². The molecule has 0 spiro atoms. The van der Waals surface area contributed by atoms with Gasteiger partial charge in [-0.1, -0.05) is 24.1 Å². The number of aromatic nitrogens is 1. The summed E-state index contributed by atoms with van der Waals surface area (Å²) in [4.78, 5) is 4.13. The third kappa shape index (κ3) is 3.70. The average molecular weight is 248 g/mol. The van der Waals surface area contributed by atoms with Crippen molar-refractivity contribution < 1.29 is 5.21 Å². The largest absolute Gasteiger partial charge is 0.409 e. The Hall–Kier alpha value is -1.62. The first-order chi connectivity index (χ1) is 8.81. The molecule has 0 amide bonds. The van der Waals surface area contributed by atoms with Crippen molar-refractivity contribution in [3.8, 4) is 0 Å². The molecule has 1 heterocycles. The number of amidine groups is 1. The van der Waals surface area contributed by atoms with Gasteiger partial charge in [0.15, 0.2) is 5.84 Å². The Morgan fingerprint density at radius 1 is 1.56 bits per heavy atom. The van der Waals surface area contributed by atoms with Gasteiger partial charge < -0.3 is 16.3 Å². The number of hydrogen-bond donors (Lipinski definition) is 3. The molecule has 1 fully saturated rings. The van der Waals surface area contributed by atoms with Gasteiger partial charge in [-0.3, -0.25) is 4.98 Å². The van der Waals surface area contributed by atoms with Gasteiger partial charge in [-0.2, -0.15) is 0 Å². The predicted molar refractivity (Wildman–Crippen MR) is 70.4 cm³/mol. The molecule has 0 atom stereocenters. The van der Waals surface area contributed by atoms with Gasteiger partial charge in [0.1, 0.15) is 5.69 Å². The fraction of sp³-hybridized carbons (Fsp3) is 0.538. The fourth-order valence-corrected chi connectivity index (χ4v) is 2.00. The summed E-state index contributed by atoms with van der Waals surface area (Å²) in [5.41, 5.74) is 7.09. The van der Waals surface area contributed by atoms with Crippen LogP contribution in [0.3, 0.4) is 0 Å². The van der Waals surface area contributed by atoms with Gasteiger partial charge in [-0.05, 0) is 36.9 Å². The van der Waals surface area contributed by atoms with Crippen LogP contribution in [0.1, 0.15) is 36.9 Å². The van der Waals surface area contributed by atoms with Gasteiger partial charge in [0, 0.05) is 12.7 Å².